The quantitative estimate of drug-likeness (QED) is 0.349. The van der Waals surface area contributed by atoms with Gasteiger partial charge in [0.1, 0.15) is 17.2 Å². The van der Waals surface area contributed by atoms with Gasteiger partial charge in [-0.3, -0.25) is 9.79 Å². The van der Waals surface area contributed by atoms with Gasteiger partial charge >= 0.3 is 66.9 Å². The first-order valence-corrected chi connectivity index (χ1v) is 11.9. The molecule has 174 valence electrons. The zero-order chi connectivity index (χ0) is 23.2. The average Bonchev–Trinajstić information content (AvgIpc) is 2.70. The molecule has 2 aromatic rings. The minimum absolute atomic E-state index is 0. The summed E-state index contributed by atoms with van der Waals surface area (Å²) in [4.78, 5) is 18.1. The molecule has 0 aliphatic rings. The standard InChI is InChI=1S/C19H23O10PS.2Na.2H/c1-25-14-10-17(27-3)15(18(11-14)28-4)7-8-31(23,24)12-13-5-6-16(26-2)19(9-13)29-30(20,21)22;;;;/h5-11H,12H2,1-4H3,(H2,20,21,22);;;;/b8-7+;;;;. The number of hydrogen-bond acceptors (Lipinski definition) is 8. The van der Waals surface area contributed by atoms with E-state index in [1.54, 1.807) is 12.1 Å². The fourth-order valence-corrected chi connectivity index (χ4v) is 4.14. The third kappa shape index (κ3) is 9.81. The first kappa shape index (κ1) is 32.3. The molecule has 2 rings (SSSR count). The molecule has 2 aromatic carbocycles. The molecule has 0 radical (unpaired) electrons. The Balaban J connectivity index is 0.00000512. The van der Waals surface area contributed by atoms with Gasteiger partial charge in [0.15, 0.2) is 21.3 Å². The van der Waals surface area contributed by atoms with Crippen LogP contribution in [0.25, 0.3) is 6.08 Å². The predicted octanol–water partition coefficient (Wildman–Crippen LogP) is 1.48. The Morgan fingerprint density at radius 3 is 1.85 bits per heavy atom. The Kier molecular flexibility index (Phi) is 13.7. The van der Waals surface area contributed by atoms with E-state index in [0.717, 1.165) is 5.41 Å². The molecule has 0 unspecified atom stereocenters. The van der Waals surface area contributed by atoms with Crippen molar-refractivity contribution in [1.82, 2.24) is 0 Å². The third-order valence-corrected chi connectivity index (χ3v) is 5.73. The SMILES string of the molecule is COc1cc(OC)c(/C=C/S(=O)(=O)Cc2ccc(OC)c(OP(=O)(O)O)c2)c(OC)c1.[NaH].[NaH]. The molecule has 14 heteroatoms. The van der Waals surface area contributed by atoms with Crippen molar-refractivity contribution in [2.75, 3.05) is 28.4 Å². The molecular weight excluding hydrogens is 497 g/mol. The molecule has 33 heavy (non-hydrogen) atoms. The Morgan fingerprint density at radius 1 is 0.848 bits per heavy atom. The van der Waals surface area contributed by atoms with E-state index in [4.69, 9.17) is 28.7 Å². The van der Waals surface area contributed by atoms with E-state index in [0.29, 0.717) is 22.8 Å². The second kappa shape index (κ2) is 14.0. The average molecular weight is 522 g/mol. The summed E-state index contributed by atoms with van der Waals surface area (Å²) in [5.74, 6) is 0.503. The van der Waals surface area contributed by atoms with Gasteiger partial charge in [0.05, 0.1) is 39.8 Å². The van der Waals surface area contributed by atoms with E-state index in [9.17, 15) is 13.0 Å². The monoisotopic (exact) mass is 522 g/mol. The van der Waals surface area contributed by atoms with Gasteiger partial charge in [0, 0.05) is 17.5 Å². The molecule has 0 bridgehead atoms. The molecule has 0 heterocycles. The van der Waals surface area contributed by atoms with Gasteiger partial charge in [0.2, 0.25) is 0 Å². The summed E-state index contributed by atoms with van der Waals surface area (Å²) in [5.41, 5.74) is 0.636. The van der Waals surface area contributed by atoms with Crippen LogP contribution in [-0.2, 0) is 20.2 Å². The number of methoxy groups -OCH3 is 4. The van der Waals surface area contributed by atoms with Gasteiger partial charge in [-0.05, 0) is 23.8 Å². The van der Waals surface area contributed by atoms with E-state index >= 15 is 0 Å². The van der Waals surface area contributed by atoms with E-state index in [-0.39, 0.29) is 76.2 Å². The molecule has 10 nitrogen and oxygen atoms in total. The number of hydrogen-bond donors (Lipinski definition) is 2. The zero-order valence-electron chi connectivity index (χ0n) is 17.3. The molecule has 0 saturated heterocycles. The molecule has 2 N–H and O–H groups in total. The van der Waals surface area contributed by atoms with Gasteiger partial charge in [-0.25, -0.2) is 13.0 Å². The van der Waals surface area contributed by atoms with Gasteiger partial charge in [-0.2, -0.15) is 0 Å². The van der Waals surface area contributed by atoms with Crippen LogP contribution in [0.3, 0.4) is 0 Å². The van der Waals surface area contributed by atoms with Crippen molar-refractivity contribution < 1.29 is 46.2 Å². The van der Waals surface area contributed by atoms with Crippen molar-refractivity contribution in [1.29, 1.82) is 0 Å². The predicted molar refractivity (Wildman–Crippen MR) is 128 cm³/mol. The van der Waals surface area contributed by atoms with Crippen molar-refractivity contribution in [2.24, 2.45) is 0 Å². The topological polar surface area (TPSA) is 138 Å². The third-order valence-electron chi connectivity index (χ3n) is 4.01. The van der Waals surface area contributed by atoms with Gasteiger partial charge in [-0.1, -0.05) is 6.07 Å². The molecule has 0 aliphatic heterocycles. The van der Waals surface area contributed by atoms with Crippen molar-refractivity contribution in [3.8, 4) is 28.7 Å². The Labute approximate surface area is 237 Å². The molecule has 0 atom stereocenters. The second-order valence-electron chi connectivity index (χ2n) is 6.12. The Bertz CT molecular complexity index is 1090. The summed E-state index contributed by atoms with van der Waals surface area (Å²) >= 11 is 0. The minimum atomic E-state index is -4.86. The van der Waals surface area contributed by atoms with Crippen LogP contribution in [0, 0.1) is 0 Å². The van der Waals surface area contributed by atoms with Crippen molar-refractivity contribution in [3.63, 3.8) is 0 Å². The molecule has 0 aliphatic carbocycles. The Morgan fingerprint density at radius 2 is 1.39 bits per heavy atom. The van der Waals surface area contributed by atoms with E-state index in [1.165, 1.54) is 52.7 Å². The van der Waals surface area contributed by atoms with Crippen LogP contribution in [0.4, 0.5) is 0 Å². The van der Waals surface area contributed by atoms with Crippen LogP contribution in [0.15, 0.2) is 35.7 Å². The molecule has 0 spiro atoms. The summed E-state index contributed by atoms with van der Waals surface area (Å²) in [6.07, 6.45) is 1.34. The maximum absolute atomic E-state index is 12.6. The maximum atomic E-state index is 12.6. The number of sulfone groups is 1. The molecule has 0 amide bonds. The van der Waals surface area contributed by atoms with Crippen molar-refractivity contribution >= 4 is 82.9 Å². The van der Waals surface area contributed by atoms with Crippen LogP contribution in [0.1, 0.15) is 11.1 Å². The van der Waals surface area contributed by atoms with Crippen LogP contribution < -0.4 is 23.5 Å². The summed E-state index contributed by atoms with van der Waals surface area (Å²) in [5, 5.41) is 0.994. The summed E-state index contributed by atoms with van der Waals surface area (Å²) in [7, 11) is -3.02. The summed E-state index contributed by atoms with van der Waals surface area (Å²) < 4.78 is 61.7. The number of rotatable bonds is 10. The number of benzene rings is 2. The van der Waals surface area contributed by atoms with E-state index in [1.807, 2.05) is 0 Å². The first-order valence-electron chi connectivity index (χ1n) is 8.64. The van der Waals surface area contributed by atoms with Crippen molar-refractivity contribution in [2.45, 2.75) is 5.75 Å². The molecule has 0 saturated carbocycles. The zero-order valence-corrected chi connectivity index (χ0v) is 19.0. The van der Waals surface area contributed by atoms with Gasteiger partial charge in [-0.15, -0.1) is 0 Å². The van der Waals surface area contributed by atoms with Gasteiger partial charge < -0.3 is 23.5 Å². The number of ether oxygens (including phenoxy) is 4. The summed E-state index contributed by atoms with van der Waals surface area (Å²) in [6.45, 7) is 0. The molecular formula is C19H25Na2O10PS. The molecule has 0 fully saturated rings. The van der Waals surface area contributed by atoms with E-state index in [2.05, 4.69) is 4.52 Å². The number of phosphoric ester groups is 1. The fraction of sp³-hybridized carbons (Fsp3) is 0.263. The first-order chi connectivity index (χ1) is 14.5. The van der Waals surface area contributed by atoms with Crippen LogP contribution >= 0.6 is 7.82 Å². The van der Waals surface area contributed by atoms with Gasteiger partial charge in [0.25, 0.3) is 0 Å². The molecule has 0 aromatic heterocycles. The summed E-state index contributed by atoms with van der Waals surface area (Å²) in [6, 6.07) is 7.17. The second-order valence-corrected chi connectivity index (χ2v) is 9.17. The number of phosphoric acid groups is 1. The van der Waals surface area contributed by atoms with Crippen LogP contribution in [0.2, 0.25) is 0 Å². The fourth-order valence-electron chi connectivity index (χ4n) is 2.66. The van der Waals surface area contributed by atoms with Crippen LogP contribution in [0.5, 0.6) is 28.7 Å². The van der Waals surface area contributed by atoms with Crippen LogP contribution in [-0.4, -0.2) is 106 Å². The Hall–Kier alpha value is -0.720. The van der Waals surface area contributed by atoms with E-state index < -0.39 is 23.4 Å². The van der Waals surface area contributed by atoms with Crippen molar-refractivity contribution in [3.05, 3.63) is 46.9 Å². The normalized spacial score (nSPS) is 11.2.